The van der Waals surface area contributed by atoms with Crippen LogP contribution in [0.1, 0.15) is 30.4 Å². The fourth-order valence-corrected chi connectivity index (χ4v) is 3.27. The number of ether oxygens (including phenoxy) is 1. The van der Waals surface area contributed by atoms with Crippen molar-refractivity contribution in [2.45, 2.75) is 38.8 Å². The van der Waals surface area contributed by atoms with Crippen LogP contribution in [-0.2, 0) is 16.1 Å². The van der Waals surface area contributed by atoms with Crippen molar-refractivity contribution >= 4 is 11.8 Å². The number of rotatable bonds is 7. The normalized spacial score (nSPS) is 20.9. The Morgan fingerprint density at radius 3 is 2.88 bits per heavy atom. The first-order chi connectivity index (χ1) is 12.1. The first-order valence-corrected chi connectivity index (χ1v) is 8.99. The molecule has 6 heteroatoms. The Bertz CT molecular complexity index is 643. The van der Waals surface area contributed by atoms with Crippen molar-refractivity contribution in [2.24, 2.45) is 5.92 Å². The van der Waals surface area contributed by atoms with Gasteiger partial charge in [0.1, 0.15) is 5.75 Å². The molecule has 1 atom stereocenters. The van der Waals surface area contributed by atoms with Gasteiger partial charge in [-0.1, -0.05) is 12.1 Å². The molecule has 6 nitrogen and oxygen atoms in total. The predicted octanol–water partition coefficient (Wildman–Crippen LogP) is 1.22. The van der Waals surface area contributed by atoms with Crippen LogP contribution < -0.4 is 15.4 Å². The number of hydrogen-bond acceptors (Lipinski definition) is 4. The molecule has 1 saturated heterocycles. The summed E-state index contributed by atoms with van der Waals surface area (Å²) in [4.78, 5) is 26.6. The summed E-state index contributed by atoms with van der Waals surface area (Å²) in [5.74, 6) is 1.40. The standard InChI is InChI=1S/C19H27N3O3/c1-13-9-15(5-6-17(13)25-2)12-22-8-7-20-19(24)16(22)10-18(23)21-11-14-3-4-14/h5-6,9,14,16H,3-4,7-8,10-12H2,1-2H3,(H,20,24)(H,21,23)/t16-/m0/s1. The topological polar surface area (TPSA) is 70.7 Å². The van der Waals surface area contributed by atoms with E-state index in [9.17, 15) is 9.59 Å². The number of amides is 2. The number of benzene rings is 1. The minimum absolute atomic E-state index is 0.0372. The lowest BCUT2D eigenvalue weighted by atomic mass is 10.1. The number of hydrogen-bond donors (Lipinski definition) is 2. The zero-order valence-corrected chi connectivity index (χ0v) is 15.0. The lowest BCUT2D eigenvalue weighted by Crippen LogP contribution is -2.56. The quantitative estimate of drug-likeness (QED) is 0.780. The maximum absolute atomic E-state index is 12.3. The summed E-state index contributed by atoms with van der Waals surface area (Å²) >= 11 is 0. The summed E-state index contributed by atoms with van der Waals surface area (Å²) in [5.41, 5.74) is 2.19. The second kappa shape index (κ2) is 7.87. The van der Waals surface area contributed by atoms with Crippen molar-refractivity contribution in [3.05, 3.63) is 29.3 Å². The Morgan fingerprint density at radius 2 is 2.20 bits per heavy atom. The molecule has 25 heavy (non-hydrogen) atoms. The molecule has 1 aromatic carbocycles. The van der Waals surface area contributed by atoms with E-state index in [1.54, 1.807) is 7.11 Å². The van der Waals surface area contributed by atoms with Crippen LogP contribution >= 0.6 is 0 Å². The van der Waals surface area contributed by atoms with Gasteiger partial charge in [0.2, 0.25) is 11.8 Å². The van der Waals surface area contributed by atoms with Gasteiger partial charge in [0.15, 0.2) is 0 Å². The minimum atomic E-state index is -0.407. The van der Waals surface area contributed by atoms with E-state index in [4.69, 9.17) is 4.74 Å². The van der Waals surface area contributed by atoms with Gasteiger partial charge in [-0.05, 0) is 42.9 Å². The number of methoxy groups -OCH3 is 1. The van der Waals surface area contributed by atoms with Gasteiger partial charge in [-0.3, -0.25) is 14.5 Å². The van der Waals surface area contributed by atoms with E-state index < -0.39 is 6.04 Å². The van der Waals surface area contributed by atoms with E-state index in [0.717, 1.165) is 30.0 Å². The monoisotopic (exact) mass is 345 g/mol. The van der Waals surface area contributed by atoms with Gasteiger partial charge < -0.3 is 15.4 Å². The Kier molecular flexibility index (Phi) is 5.58. The highest BCUT2D eigenvalue weighted by molar-refractivity contribution is 5.88. The summed E-state index contributed by atoms with van der Waals surface area (Å²) in [5, 5.41) is 5.84. The van der Waals surface area contributed by atoms with Crippen LogP contribution in [0.4, 0.5) is 0 Å². The molecule has 2 aliphatic rings. The highest BCUT2D eigenvalue weighted by atomic mass is 16.5. The van der Waals surface area contributed by atoms with Crippen molar-refractivity contribution in [1.29, 1.82) is 0 Å². The molecule has 2 fully saturated rings. The second-order valence-corrected chi connectivity index (χ2v) is 7.03. The largest absolute Gasteiger partial charge is 0.496 e. The number of carbonyl (C=O) groups excluding carboxylic acids is 2. The average Bonchev–Trinajstić information content (AvgIpc) is 3.41. The van der Waals surface area contributed by atoms with Gasteiger partial charge in [0, 0.05) is 26.2 Å². The number of nitrogens with one attached hydrogen (secondary N) is 2. The molecule has 2 amide bonds. The Morgan fingerprint density at radius 1 is 1.40 bits per heavy atom. The number of carbonyl (C=O) groups is 2. The van der Waals surface area contributed by atoms with Gasteiger partial charge in [0.25, 0.3) is 0 Å². The van der Waals surface area contributed by atoms with E-state index in [2.05, 4.69) is 21.6 Å². The smallest absolute Gasteiger partial charge is 0.237 e. The molecular formula is C19H27N3O3. The van der Waals surface area contributed by atoms with Crippen LogP contribution in [0.5, 0.6) is 5.75 Å². The van der Waals surface area contributed by atoms with Crippen LogP contribution in [-0.4, -0.2) is 49.5 Å². The van der Waals surface area contributed by atoms with Gasteiger partial charge in [0.05, 0.1) is 19.6 Å². The molecule has 0 unspecified atom stereocenters. The van der Waals surface area contributed by atoms with Crippen molar-refractivity contribution in [3.63, 3.8) is 0 Å². The highest BCUT2D eigenvalue weighted by Gasteiger charge is 2.32. The molecular weight excluding hydrogens is 318 g/mol. The second-order valence-electron chi connectivity index (χ2n) is 7.03. The first kappa shape index (κ1) is 17.7. The molecule has 3 rings (SSSR count). The number of nitrogens with zero attached hydrogens (tertiary/aromatic N) is 1. The Labute approximate surface area is 148 Å². The SMILES string of the molecule is COc1ccc(CN2CCNC(=O)[C@@H]2CC(=O)NCC2CC2)cc1C. The predicted molar refractivity (Wildman–Crippen MR) is 95.3 cm³/mol. The molecule has 1 aliphatic heterocycles. The molecule has 0 radical (unpaired) electrons. The molecule has 0 aromatic heterocycles. The van der Waals surface area contributed by atoms with Crippen molar-refractivity contribution in [3.8, 4) is 5.75 Å². The third-order valence-electron chi connectivity index (χ3n) is 4.95. The average molecular weight is 345 g/mol. The van der Waals surface area contributed by atoms with Gasteiger partial charge >= 0.3 is 0 Å². The van der Waals surface area contributed by atoms with Crippen molar-refractivity contribution in [2.75, 3.05) is 26.7 Å². The molecule has 1 saturated carbocycles. The van der Waals surface area contributed by atoms with Crippen molar-refractivity contribution in [1.82, 2.24) is 15.5 Å². The van der Waals surface area contributed by atoms with Crippen LogP contribution in [0, 0.1) is 12.8 Å². The Hall–Kier alpha value is -2.08. The first-order valence-electron chi connectivity index (χ1n) is 8.99. The zero-order valence-electron chi connectivity index (χ0n) is 15.0. The Balaban J connectivity index is 1.63. The van der Waals surface area contributed by atoms with Gasteiger partial charge in [-0.15, -0.1) is 0 Å². The number of piperazine rings is 1. The maximum atomic E-state index is 12.3. The third kappa shape index (κ3) is 4.72. The van der Waals surface area contributed by atoms with Gasteiger partial charge in [-0.2, -0.15) is 0 Å². The lowest BCUT2D eigenvalue weighted by molar-refractivity contribution is -0.134. The van der Waals surface area contributed by atoms with Crippen LogP contribution in [0.25, 0.3) is 0 Å². The minimum Gasteiger partial charge on any atom is -0.496 e. The van der Waals surface area contributed by atoms with Gasteiger partial charge in [-0.25, -0.2) is 0 Å². The molecule has 1 aromatic rings. The molecule has 0 spiro atoms. The van der Waals surface area contributed by atoms with Crippen molar-refractivity contribution < 1.29 is 14.3 Å². The summed E-state index contributed by atoms with van der Waals surface area (Å²) < 4.78 is 5.30. The van der Waals surface area contributed by atoms with Crippen LogP contribution in [0.3, 0.4) is 0 Å². The summed E-state index contributed by atoms with van der Waals surface area (Å²) in [7, 11) is 1.66. The van der Waals surface area contributed by atoms with E-state index in [1.165, 1.54) is 12.8 Å². The van der Waals surface area contributed by atoms with E-state index >= 15 is 0 Å². The third-order valence-corrected chi connectivity index (χ3v) is 4.95. The molecule has 0 bridgehead atoms. The van der Waals surface area contributed by atoms with E-state index in [0.29, 0.717) is 19.0 Å². The lowest BCUT2D eigenvalue weighted by Gasteiger charge is -2.34. The summed E-state index contributed by atoms with van der Waals surface area (Å²) in [6, 6.07) is 5.64. The highest BCUT2D eigenvalue weighted by Crippen LogP contribution is 2.27. The molecule has 1 aliphatic carbocycles. The summed E-state index contributed by atoms with van der Waals surface area (Å²) in [6.07, 6.45) is 2.62. The maximum Gasteiger partial charge on any atom is 0.237 e. The molecule has 1 heterocycles. The van der Waals surface area contributed by atoms with E-state index in [1.807, 2.05) is 19.1 Å². The van der Waals surface area contributed by atoms with E-state index in [-0.39, 0.29) is 18.2 Å². The fraction of sp³-hybridized carbons (Fsp3) is 0.579. The van der Waals surface area contributed by atoms with Crippen LogP contribution in [0.15, 0.2) is 18.2 Å². The van der Waals surface area contributed by atoms with Crippen LogP contribution in [0.2, 0.25) is 0 Å². The summed E-state index contributed by atoms with van der Waals surface area (Å²) in [6.45, 7) is 4.77. The molecule has 136 valence electrons. The fourth-order valence-electron chi connectivity index (χ4n) is 3.27. The zero-order chi connectivity index (χ0) is 17.8. The molecule has 2 N–H and O–H groups in total. The number of aryl methyl sites for hydroxylation is 1.